The van der Waals surface area contributed by atoms with E-state index in [0.29, 0.717) is 89.8 Å². The Bertz CT molecular complexity index is 4740. The second kappa shape index (κ2) is 59.7. The minimum Gasteiger partial charge on any atom is -0.481 e. The molecule has 4 fully saturated rings. The number of hydrogen-bond donors (Lipinski definition) is 4. The molecule has 0 bridgehead atoms. The first-order valence-electron chi connectivity index (χ1n) is 34.9. The number of hydrogen-bond acceptors (Lipinski definition) is 26. The molecule has 602 valence electrons. The molecule has 4 atom stereocenters. The van der Waals surface area contributed by atoms with Gasteiger partial charge in [-0.3, -0.25) is 44.3 Å². The van der Waals surface area contributed by atoms with Gasteiger partial charge >= 0.3 is 54.0 Å². The van der Waals surface area contributed by atoms with Gasteiger partial charge in [-0.05, 0) is 167 Å². The van der Waals surface area contributed by atoms with Gasteiger partial charge in [0.25, 0.3) is 0 Å². The van der Waals surface area contributed by atoms with Crippen LogP contribution >= 0.6 is 59.6 Å². The third-order valence-corrected chi connectivity index (χ3v) is 17.4. The predicted molar refractivity (Wildman–Crippen MR) is 433 cm³/mol. The Kier molecular flexibility index (Phi) is 53.0. The van der Waals surface area contributed by atoms with Crippen molar-refractivity contribution >= 4 is 95.9 Å². The van der Waals surface area contributed by atoms with Gasteiger partial charge in [0.15, 0.2) is 0 Å². The largest absolute Gasteiger partial charge is 1.00 e. The number of carbonyl (C=O) groups excluding carboxylic acids is 6. The molecule has 33 nitrogen and oxygen atoms in total. The molecule has 0 spiro atoms. The fourth-order valence-electron chi connectivity index (χ4n) is 11.5. The van der Waals surface area contributed by atoms with Crippen LogP contribution in [-0.2, 0) is 83.9 Å². The molecular weight excluding hydrogens is 1600 g/mol. The van der Waals surface area contributed by atoms with Crippen molar-refractivity contribution in [1.82, 2.24) is 74.9 Å². The van der Waals surface area contributed by atoms with Gasteiger partial charge in [-0.1, -0.05) is 85.6 Å². The molecule has 4 unspecified atom stereocenters. The predicted octanol–water partition coefficient (Wildman–Crippen LogP) is 9.32. The van der Waals surface area contributed by atoms with Gasteiger partial charge in [0.1, 0.15) is 11.4 Å². The Morgan fingerprint density at radius 2 is 0.948 bits per heavy atom. The Morgan fingerprint density at radius 1 is 0.552 bits per heavy atom. The number of carboxylic acids is 1. The van der Waals surface area contributed by atoms with Gasteiger partial charge in [-0.15, -0.1) is 71.1 Å². The molecule has 4 aliphatic heterocycles. The number of nitrogens with two attached hydrogens (primary N) is 2. The fourth-order valence-corrected chi connectivity index (χ4v) is 11.9. The number of anilines is 2. The number of likely N-dealkylation sites (tertiary alicyclic amines) is 3. The van der Waals surface area contributed by atoms with Crippen LogP contribution in [0.1, 0.15) is 109 Å². The molecule has 0 saturated carbocycles. The number of pyridine rings is 4. The van der Waals surface area contributed by atoms with Crippen molar-refractivity contribution in [2.24, 2.45) is 28.8 Å². The quantitative estimate of drug-likeness (QED) is 0.0165. The topological polar surface area (TPSA) is 502 Å². The van der Waals surface area contributed by atoms with Gasteiger partial charge < -0.3 is 33.0 Å². The maximum absolute atomic E-state index is 11.2. The van der Waals surface area contributed by atoms with Crippen LogP contribution in [0, 0.1) is 58.7 Å². The Labute approximate surface area is 720 Å². The standard InChI is InChI=1S/C25H23N9O2.C13H8N4.C12H17ClN2.C12H17N5.C7H7Cl2N.C5H11N.3CO2.2ClH.N3.Na/c26-11-16-3-1-4-17(9-16)21-10-22(30-25(27)29-21)23-15-34(32-31-23)14-20-6-2-5-19(28-20)13-33-8-7-18(12-33)24(35)36;1-2-11-7-12(17-13(15)16-11)10-5-3-4-9(6-10)8-14;1-10-5-6-15(8-10)9-12-4-2-3-11(7-13)14-12;1-10-5-6-17(8-10)9-12-4-2-3-11(15-12)7-14-16-13;8-4-6-2-1-3-7(5-9)10-6;1-5-2-3-6-4-5;3*2-1-3;;;1-3-2;/h1-6,9-10,15,18H,7-8,12-14H2,(H,35,36)(H2,27,29,30);1,3-7H,(H2,15,16,17);2-4,10H,5-9H2,1H3;2-4,10H,5-9H2,1H3;1-3H,4-5H2;5-6H,2-4H2,1H3;;;;2*1H;;/q;;;;;;;;;;;-1;+1. The molecular formula is C77H85Cl5N25NaO8. The van der Waals surface area contributed by atoms with Crippen molar-refractivity contribution < 1.29 is 68.2 Å². The van der Waals surface area contributed by atoms with Crippen LogP contribution in [0.4, 0.5) is 11.9 Å². The normalized spacial score (nSPS) is 14.9. The molecule has 0 aliphatic carbocycles. The molecule has 4 saturated heterocycles. The molecule has 6 N–H and O–H groups in total. The first-order valence-corrected chi connectivity index (χ1v) is 36.5. The Hall–Kier alpha value is -11.0. The van der Waals surface area contributed by atoms with Crippen molar-refractivity contribution in [1.29, 1.82) is 10.5 Å². The van der Waals surface area contributed by atoms with E-state index < -0.39 is 5.97 Å². The minimum atomic E-state index is -0.741. The number of halogens is 5. The van der Waals surface area contributed by atoms with E-state index in [9.17, 15) is 15.2 Å². The van der Waals surface area contributed by atoms with Crippen molar-refractivity contribution in [3.63, 3.8) is 0 Å². The summed E-state index contributed by atoms with van der Waals surface area (Å²) in [5.41, 5.74) is 46.1. The van der Waals surface area contributed by atoms with Crippen LogP contribution < -0.4 is 46.3 Å². The second-order valence-corrected chi connectivity index (χ2v) is 26.2. The number of benzene rings is 2. The van der Waals surface area contributed by atoms with Crippen LogP contribution in [0.3, 0.4) is 0 Å². The molecule has 0 amide bonds. The van der Waals surface area contributed by atoms with E-state index in [1.54, 1.807) is 59.4 Å². The molecule has 9 aromatic rings. The number of nitrogen functional groups attached to an aromatic ring is 2. The molecule has 4 aliphatic rings. The number of nitrogens with one attached hydrogen (secondary N) is 1. The summed E-state index contributed by atoms with van der Waals surface area (Å²) in [6.07, 6.45) is 12.4. The van der Waals surface area contributed by atoms with E-state index >= 15 is 0 Å². The van der Waals surface area contributed by atoms with E-state index in [0.717, 1.165) is 107 Å². The van der Waals surface area contributed by atoms with Crippen molar-refractivity contribution in [3.8, 4) is 58.4 Å². The summed E-state index contributed by atoms with van der Waals surface area (Å²) in [6, 6.07) is 45.2. The minimum absolute atomic E-state index is 0. The summed E-state index contributed by atoms with van der Waals surface area (Å²) in [7, 11) is 0. The maximum Gasteiger partial charge on any atom is 1.00 e. The summed E-state index contributed by atoms with van der Waals surface area (Å²) in [5.74, 6) is 5.54. The van der Waals surface area contributed by atoms with Crippen LogP contribution in [-0.4, -0.2) is 151 Å². The average molecular weight is 1690 g/mol. The third-order valence-electron chi connectivity index (χ3n) is 16.6. The van der Waals surface area contributed by atoms with E-state index in [1.807, 2.05) is 78.9 Å². The molecule has 7 aromatic heterocycles. The molecule has 2 aromatic carbocycles. The molecule has 13 rings (SSSR count). The van der Waals surface area contributed by atoms with Crippen LogP contribution in [0.15, 0.2) is 145 Å². The number of carboxylic acid groups (broad SMARTS) is 1. The SMILES string of the molecule is C#Cc1cc(-c2cccc(C#N)c2)nc(N)n1.CC1CCN(Cc2cccc(CCl)n2)C1.CC1CCN(Cc2cccc(CN=[N+]=[N-])n2)C1.CC1CCNC1.Cl.Cl.ClCc1cccc(CCl)n1.N#Cc1cccc(-c2cc(-c3cn(Cc4cccc(CN5CCC(C(=O)O)C5)n4)nn3)nc(N)n2)c1.O=C=O.O=C=O.O=C=O.[N-]=[N+]=[N-].[Na+]. The number of rotatable bonds is 17. The average Bonchev–Trinajstić information content (AvgIpc) is 1.37. The van der Waals surface area contributed by atoms with E-state index in [2.05, 4.69) is 120 Å². The summed E-state index contributed by atoms with van der Waals surface area (Å²) in [4.78, 5) is 106. The first kappa shape index (κ1) is 103. The maximum atomic E-state index is 11.2. The fraction of sp³-hybridized carbons (Fsp3) is 0.351. The van der Waals surface area contributed by atoms with Gasteiger partial charge in [0, 0.05) is 61.0 Å². The molecule has 39 heteroatoms. The zero-order valence-electron chi connectivity index (χ0n) is 64.1. The molecule has 11 heterocycles. The van der Waals surface area contributed by atoms with Crippen molar-refractivity contribution in [3.05, 3.63) is 228 Å². The van der Waals surface area contributed by atoms with E-state index in [1.165, 1.54) is 50.4 Å². The van der Waals surface area contributed by atoms with Crippen LogP contribution in [0.2, 0.25) is 0 Å². The first-order chi connectivity index (χ1) is 54.7. The number of carbonyl (C=O) groups is 1. The van der Waals surface area contributed by atoms with Crippen LogP contribution in [0.5, 0.6) is 0 Å². The summed E-state index contributed by atoms with van der Waals surface area (Å²) >= 11 is 16.9. The molecule has 116 heavy (non-hydrogen) atoms. The smallest absolute Gasteiger partial charge is 0.481 e. The number of nitriles is 2. The molecule has 0 radical (unpaired) electrons. The van der Waals surface area contributed by atoms with Gasteiger partial charge in [0.2, 0.25) is 11.9 Å². The number of aromatic nitrogens is 11. The summed E-state index contributed by atoms with van der Waals surface area (Å²) < 4.78 is 1.67. The zero-order valence-corrected chi connectivity index (χ0v) is 70.0. The van der Waals surface area contributed by atoms with Crippen LogP contribution in [0.25, 0.3) is 60.3 Å². The monoisotopic (exact) mass is 1690 g/mol. The number of aliphatic carboxylic acids is 1. The van der Waals surface area contributed by atoms with Crippen molar-refractivity contribution in [2.45, 2.75) is 96.8 Å². The summed E-state index contributed by atoms with van der Waals surface area (Å²) in [5, 5.41) is 42.5. The number of alkyl halides is 3. The summed E-state index contributed by atoms with van der Waals surface area (Å²) in [6.45, 7) is 18.6. The van der Waals surface area contributed by atoms with Gasteiger partial charge in [0.05, 0.1) is 123 Å². The number of terminal acetylenes is 1. The Morgan fingerprint density at radius 3 is 1.34 bits per heavy atom. The number of azide groups is 1. The third kappa shape index (κ3) is 39.8. The van der Waals surface area contributed by atoms with Gasteiger partial charge in [-0.25, -0.2) is 24.6 Å². The van der Waals surface area contributed by atoms with Crippen molar-refractivity contribution in [2.75, 3.05) is 63.8 Å². The van der Waals surface area contributed by atoms with Gasteiger partial charge in [-0.2, -0.15) is 39.3 Å². The number of nitrogens with zero attached hydrogens (tertiary/aromatic N) is 22. The van der Waals surface area contributed by atoms with E-state index in [-0.39, 0.29) is 90.6 Å². The second-order valence-electron chi connectivity index (χ2n) is 25.3. The Balaban J connectivity index is 0.000000720. The van der Waals surface area contributed by atoms with E-state index in [4.69, 9.17) is 108 Å². The zero-order chi connectivity index (χ0) is 82.7.